The van der Waals surface area contributed by atoms with E-state index in [1.165, 1.54) is 0 Å². The van der Waals surface area contributed by atoms with Gasteiger partial charge in [0.25, 0.3) is 0 Å². The Bertz CT molecular complexity index is 799. The second kappa shape index (κ2) is 8.52. The number of hydrogen-bond donors (Lipinski definition) is 0. The Morgan fingerprint density at radius 3 is 2.33 bits per heavy atom. The number of likely N-dealkylation sites (N-methyl/N-ethyl adjacent to an activating group) is 1. The summed E-state index contributed by atoms with van der Waals surface area (Å²) in [6.07, 6.45) is -3.66. The van der Waals surface area contributed by atoms with Gasteiger partial charge in [-0.15, -0.1) is 0 Å². The van der Waals surface area contributed by atoms with Crippen LogP contribution in [0.3, 0.4) is 0 Å². The number of pyridine rings is 1. The van der Waals surface area contributed by atoms with Crippen LogP contribution in [0.5, 0.6) is 0 Å². The fourth-order valence-electron chi connectivity index (χ4n) is 2.78. The number of alkyl halides is 3. The minimum absolute atomic E-state index is 0.0631. The molecule has 2 aromatic rings. The molecule has 0 spiro atoms. The predicted molar refractivity (Wildman–Crippen MR) is 101 cm³/mol. The number of benzene rings is 1. The molecule has 0 aliphatic heterocycles. The maximum atomic E-state index is 13.1. The molecule has 0 fully saturated rings. The fraction of sp³-hybridized carbons (Fsp3) is 0.400. The van der Waals surface area contributed by atoms with Gasteiger partial charge in [-0.25, -0.2) is 4.98 Å². The smallest absolute Gasteiger partial charge is 0.362 e. The van der Waals surface area contributed by atoms with Crippen LogP contribution in [0.2, 0.25) is 0 Å². The molecular weight excluding hydrogens is 355 g/mol. The predicted octanol–water partition coefficient (Wildman–Crippen LogP) is 4.36. The van der Waals surface area contributed by atoms with Gasteiger partial charge in [-0.2, -0.15) is 13.2 Å². The van der Waals surface area contributed by atoms with Crippen LogP contribution in [0.15, 0.2) is 36.5 Å². The summed E-state index contributed by atoms with van der Waals surface area (Å²) in [6, 6.07) is 7.78. The van der Waals surface area contributed by atoms with Crippen LogP contribution in [0.4, 0.5) is 19.0 Å². The highest BCUT2D eigenvalue weighted by Gasteiger charge is 2.32. The molecule has 4 nitrogen and oxygen atoms in total. The Morgan fingerprint density at radius 1 is 1.11 bits per heavy atom. The number of hydrogen-bond acceptors (Lipinski definition) is 4. The molecule has 0 radical (unpaired) electrons. The van der Waals surface area contributed by atoms with Gasteiger partial charge >= 0.3 is 6.18 Å². The average Bonchev–Trinajstić information content (AvgIpc) is 2.64. The van der Waals surface area contributed by atoms with Crippen molar-refractivity contribution < 1.29 is 18.0 Å². The highest BCUT2D eigenvalue weighted by atomic mass is 19.4. The van der Waals surface area contributed by atoms with E-state index in [-0.39, 0.29) is 12.3 Å². The summed E-state index contributed by atoms with van der Waals surface area (Å²) in [4.78, 5) is 20.2. The van der Waals surface area contributed by atoms with Crippen molar-refractivity contribution in [2.75, 3.05) is 38.6 Å². The maximum Gasteiger partial charge on any atom is 0.417 e. The summed E-state index contributed by atoms with van der Waals surface area (Å²) < 4.78 is 39.4. The highest BCUT2D eigenvalue weighted by molar-refractivity contribution is 5.99. The van der Waals surface area contributed by atoms with E-state index in [0.29, 0.717) is 22.5 Å². The van der Waals surface area contributed by atoms with Gasteiger partial charge in [0, 0.05) is 31.4 Å². The van der Waals surface area contributed by atoms with Crippen molar-refractivity contribution >= 4 is 11.6 Å². The zero-order valence-electron chi connectivity index (χ0n) is 16.0. The quantitative estimate of drug-likeness (QED) is 0.670. The van der Waals surface area contributed by atoms with Crippen LogP contribution in [0, 0.1) is 0 Å². The largest absolute Gasteiger partial charge is 0.417 e. The molecule has 1 heterocycles. The Balaban J connectivity index is 2.47. The van der Waals surface area contributed by atoms with Gasteiger partial charge in [0.05, 0.1) is 12.1 Å². The summed E-state index contributed by atoms with van der Waals surface area (Å²) in [7, 11) is 3.43. The third-order valence-electron chi connectivity index (χ3n) is 4.37. The van der Waals surface area contributed by atoms with E-state index in [2.05, 4.69) is 4.98 Å². The van der Waals surface area contributed by atoms with Gasteiger partial charge in [0.15, 0.2) is 5.78 Å². The molecule has 0 aliphatic rings. The summed E-state index contributed by atoms with van der Waals surface area (Å²) >= 11 is 0. The summed E-state index contributed by atoms with van der Waals surface area (Å²) in [5, 5.41) is 0. The molecule has 1 aromatic carbocycles. The van der Waals surface area contributed by atoms with Crippen LogP contribution in [-0.2, 0) is 6.18 Å². The fourth-order valence-corrected chi connectivity index (χ4v) is 2.78. The van der Waals surface area contributed by atoms with Gasteiger partial charge in [-0.3, -0.25) is 9.69 Å². The van der Waals surface area contributed by atoms with E-state index < -0.39 is 11.7 Å². The SMILES string of the molecule is CCN(CC)CC(=O)c1cccc(-c2cc(C(F)(F)F)cnc2N(C)C)c1. The number of anilines is 1. The zero-order valence-corrected chi connectivity index (χ0v) is 16.0. The first-order valence-corrected chi connectivity index (χ1v) is 8.77. The number of nitrogens with zero attached hydrogens (tertiary/aromatic N) is 3. The van der Waals surface area contributed by atoms with Crippen molar-refractivity contribution in [2.45, 2.75) is 20.0 Å². The lowest BCUT2D eigenvalue weighted by atomic mass is 10.00. The molecular formula is C20H24F3N3O. The van der Waals surface area contributed by atoms with Crippen molar-refractivity contribution in [1.29, 1.82) is 0 Å². The second-order valence-corrected chi connectivity index (χ2v) is 6.45. The molecule has 7 heteroatoms. The number of carbonyl (C=O) groups is 1. The van der Waals surface area contributed by atoms with Crippen LogP contribution in [0.25, 0.3) is 11.1 Å². The Labute approximate surface area is 157 Å². The number of aromatic nitrogens is 1. The Hall–Kier alpha value is -2.41. The van der Waals surface area contributed by atoms with Gasteiger partial charge in [0.2, 0.25) is 0 Å². The van der Waals surface area contributed by atoms with Gasteiger partial charge in [-0.05, 0) is 30.8 Å². The lowest BCUT2D eigenvalue weighted by Gasteiger charge is -2.19. The van der Waals surface area contributed by atoms with Crippen LogP contribution in [0.1, 0.15) is 29.8 Å². The Kier molecular flexibility index (Phi) is 6.59. The van der Waals surface area contributed by atoms with E-state index >= 15 is 0 Å². The van der Waals surface area contributed by atoms with E-state index in [1.807, 2.05) is 18.7 Å². The number of rotatable bonds is 7. The van der Waals surface area contributed by atoms with Crippen molar-refractivity contribution in [3.05, 3.63) is 47.7 Å². The molecule has 1 aromatic heterocycles. The third-order valence-corrected chi connectivity index (χ3v) is 4.37. The lowest BCUT2D eigenvalue weighted by Crippen LogP contribution is -2.29. The molecule has 0 bridgehead atoms. The number of carbonyl (C=O) groups excluding carboxylic acids is 1. The maximum absolute atomic E-state index is 13.1. The minimum atomic E-state index is -4.48. The topological polar surface area (TPSA) is 36.4 Å². The molecule has 0 unspecified atom stereocenters. The zero-order chi connectivity index (χ0) is 20.2. The van der Waals surface area contributed by atoms with Gasteiger partial charge < -0.3 is 4.90 Å². The number of ketones is 1. The van der Waals surface area contributed by atoms with Crippen molar-refractivity contribution in [1.82, 2.24) is 9.88 Å². The normalized spacial score (nSPS) is 11.7. The van der Waals surface area contributed by atoms with Crippen molar-refractivity contribution in [3.63, 3.8) is 0 Å². The van der Waals surface area contributed by atoms with Crippen molar-refractivity contribution in [2.24, 2.45) is 0 Å². The molecule has 0 amide bonds. The standard InChI is InChI=1S/C20H24F3N3O/c1-5-26(6-2)13-18(27)15-9-7-8-14(10-15)17-11-16(20(21,22)23)12-24-19(17)25(3)4/h7-12H,5-6,13H2,1-4H3. The Morgan fingerprint density at radius 2 is 1.78 bits per heavy atom. The average molecular weight is 379 g/mol. The van der Waals surface area contributed by atoms with Crippen LogP contribution >= 0.6 is 0 Å². The minimum Gasteiger partial charge on any atom is -0.362 e. The van der Waals surface area contributed by atoms with Crippen LogP contribution in [-0.4, -0.2) is 49.4 Å². The molecule has 27 heavy (non-hydrogen) atoms. The summed E-state index contributed by atoms with van der Waals surface area (Å²) in [5.41, 5.74) is 0.527. The molecule has 0 aliphatic carbocycles. The first-order chi connectivity index (χ1) is 12.7. The molecule has 2 rings (SSSR count). The van der Waals surface area contributed by atoms with E-state index in [9.17, 15) is 18.0 Å². The molecule has 0 saturated heterocycles. The third kappa shape index (κ3) is 5.07. The lowest BCUT2D eigenvalue weighted by molar-refractivity contribution is -0.137. The highest BCUT2D eigenvalue weighted by Crippen LogP contribution is 2.35. The van der Waals surface area contributed by atoms with Crippen LogP contribution < -0.4 is 4.90 Å². The summed E-state index contributed by atoms with van der Waals surface area (Å²) in [5.74, 6) is 0.350. The van der Waals surface area contributed by atoms with Crippen molar-refractivity contribution in [3.8, 4) is 11.1 Å². The molecule has 0 saturated carbocycles. The summed E-state index contributed by atoms with van der Waals surface area (Å²) in [6.45, 7) is 5.74. The van der Waals surface area contributed by atoms with E-state index in [1.54, 1.807) is 43.3 Å². The van der Waals surface area contributed by atoms with Gasteiger partial charge in [0.1, 0.15) is 5.82 Å². The second-order valence-electron chi connectivity index (χ2n) is 6.45. The molecule has 0 atom stereocenters. The van der Waals surface area contributed by atoms with E-state index in [0.717, 1.165) is 25.4 Å². The number of halogens is 3. The number of Topliss-reactive ketones (excluding diaryl/α,β-unsaturated/α-hetero) is 1. The first-order valence-electron chi connectivity index (χ1n) is 8.77. The molecule has 146 valence electrons. The van der Waals surface area contributed by atoms with E-state index in [4.69, 9.17) is 0 Å². The van der Waals surface area contributed by atoms with Gasteiger partial charge in [-0.1, -0.05) is 32.0 Å². The molecule has 0 N–H and O–H groups in total. The first kappa shape index (κ1) is 20.9. The monoisotopic (exact) mass is 379 g/mol.